The van der Waals surface area contributed by atoms with Gasteiger partial charge in [-0.1, -0.05) is 23.4 Å². The summed E-state index contributed by atoms with van der Waals surface area (Å²) >= 11 is 7.26. The van der Waals surface area contributed by atoms with Crippen LogP contribution in [0, 0.1) is 0 Å². The van der Waals surface area contributed by atoms with Gasteiger partial charge in [-0.3, -0.25) is 0 Å². The Balaban J connectivity index is 1.98. The van der Waals surface area contributed by atoms with Gasteiger partial charge in [-0.2, -0.15) is 9.50 Å². The Morgan fingerprint density at radius 1 is 1.26 bits per heavy atom. The Bertz CT molecular complexity index is 715. The lowest BCUT2D eigenvalue weighted by molar-refractivity contribution is 0.453. The molecule has 0 saturated carbocycles. The van der Waals surface area contributed by atoms with Crippen molar-refractivity contribution in [3.8, 4) is 11.6 Å². The van der Waals surface area contributed by atoms with Crippen LogP contribution in [0.15, 0.2) is 35.5 Å². The third kappa shape index (κ3) is 2.47. The summed E-state index contributed by atoms with van der Waals surface area (Å²) in [6.45, 7) is 0. The fraction of sp³-hybridized carbons (Fsp3) is 0.0909. The molecule has 0 fully saturated rings. The van der Waals surface area contributed by atoms with Gasteiger partial charge in [0.25, 0.3) is 0 Å². The molecule has 2 aromatic heterocycles. The van der Waals surface area contributed by atoms with Crippen molar-refractivity contribution in [3.63, 3.8) is 0 Å². The molecule has 0 atom stereocenters. The quantitative estimate of drug-likeness (QED) is 0.546. The summed E-state index contributed by atoms with van der Waals surface area (Å²) in [7, 11) is 0. The third-order valence-corrected chi connectivity index (χ3v) is 3.23. The summed E-state index contributed by atoms with van der Waals surface area (Å²) in [5, 5.41) is 12.7. The van der Waals surface area contributed by atoms with Crippen LogP contribution in [0.2, 0.25) is 5.02 Å². The molecule has 3 aromatic rings. The predicted octanol–water partition coefficient (Wildman–Crippen LogP) is 2.69. The summed E-state index contributed by atoms with van der Waals surface area (Å²) in [5.74, 6) is 1.09. The van der Waals surface area contributed by atoms with E-state index in [1.807, 2.05) is 6.26 Å². The number of thioether (sulfide) groups is 1. The van der Waals surface area contributed by atoms with Crippen LogP contribution in [0.1, 0.15) is 0 Å². The average molecular weight is 294 g/mol. The fourth-order valence-corrected chi connectivity index (χ4v) is 2.12. The number of tetrazole rings is 1. The minimum Gasteiger partial charge on any atom is -0.439 e. The van der Waals surface area contributed by atoms with Gasteiger partial charge in [0, 0.05) is 11.1 Å². The van der Waals surface area contributed by atoms with E-state index >= 15 is 0 Å². The van der Waals surface area contributed by atoms with Crippen LogP contribution in [0.3, 0.4) is 0 Å². The summed E-state index contributed by atoms with van der Waals surface area (Å²) in [5.41, 5.74) is 0.586. The van der Waals surface area contributed by atoms with Crippen LogP contribution in [-0.2, 0) is 0 Å². The molecule has 0 aliphatic heterocycles. The highest BCUT2D eigenvalue weighted by molar-refractivity contribution is 7.98. The van der Waals surface area contributed by atoms with Gasteiger partial charge in [-0.25, -0.2) is 0 Å². The molecule has 0 aliphatic rings. The average Bonchev–Trinajstić information content (AvgIpc) is 2.89. The van der Waals surface area contributed by atoms with Crippen molar-refractivity contribution in [2.45, 2.75) is 5.16 Å². The van der Waals surface area contributed by atoms with E-state index in [2.05, 4.69) is 20.5 Å². The smallest absolute Gasteiger partial charge is 0.225 e. The van der Waals surface area contributed by atoms with Crippen molar-refractivity contribution in [1.82, 2.24) is 25.0 Å². The van der Waals surface area contributed by atoms with Crippen molar-refractivity contribution < 1.29 is 4.74 Å². The Morgan fingerprint density at radius 3 is 2.79 bits per heavy atom. The minimum atomic E-state index is 0.439. The first kappa shape index (κ1) is 12.2. The topological polar surface area (TPSA) is 65.2 Å². The van der Waals surface area contributed by atoms with E-state index < -0.39 is 0 Å². The SMILES string of the molecule is CSc1nc(Oc2ccc(Cl)cc2)cc2nnnn12. The Kier molecular flexibility index (Phi) is 3.22. The van der Waals surface area contributed by atoms with Crippen molar-refractivity contribution in [2.24, 2.45) is 0 Å². The van der Waals surface area contributed by atoms with Crippen LogP contribution >= 0.6 is 23.4 Å². The molecule has 1 aromatic carbocycles. The molecule has 96 valence electrons. The van der Waals surface area contributed by atoms with Crippen LogP contribution in [-0.4, -0.2) is 31.3 Å². The molecule has 0 saturated heterocycles. The number of fused-ring (bicyclic) bond motifs is 1. The molecule has 3 rings (SSSR count). The number of hydrogen-bond donors (Lipinski definition) is 0. The van der Waals surface area contributed by atoms with Crippen LogP contribution in [0.5, 0.6) is 11.6 Å². The van der Waals surface area contributed by atoms with Gasteiger partial charge in [0.15, 0.2) is 10.8 Å². The number of benzene rings is 1. The summed E-state index contributed by atoms with van der Waals surface area (Å²) in [6.07, 6.45) is 1.90. The zero-order valence-electron chi connectivity index (χ0n) is 9.82. The zero-order valence-corrected chi connectivity index (χ0v) is 11.4. The van der Waals surface area contributed by atoms with Gasteiger partial charge in [-0.15, -0.1) is 5.10 Å². The first-order valence-electron chi connectivity index (χ1n) is 5.33. The molecule has 0 amide bonds. The van der Waals surface area contributed by atoms with E-state index in [1.54, 1.807) is 34.8 Å². The molecule has 2 heterocycles. The largest absolute Gasteiger partial charge is 0.439 e. The van der Waals surface area contributed by atoms with Crippen molar-refractivity contribution in [1.29, 1.82) is 0 Å². The predicted molar refractivity (Wildman–Crippen MR) is 71.9 cm³/mol. The van der Waals surface area contributed by atoms with Crippen LogP contribution in [0.4, 0.5) is 0 Å². The lowest BCUT2D eigenvalue weighted by atomic mass is 10.3. The first-order chi connectivity index (χ1) is 9.26. The van der Waals surface area contributed by atoms with Crippen molar-refractivity contribution in [3.05, 3.63) is 35.4 Å². The van der Waals surface area contributed by atoms with Gasteiger partial charge in [0.05, 0.1) is 0 Å². The van der Waals surface area contributed by atoms with Crippen molar-refractivity contribution in [2.75, 3.05) is 6.26 Å². The number of rotatable bonds is 3. The number of hydrogen-bond acceptors (Lipinski definition) is 6. The van der Waals surface area contributed by atoms with Crippen LogP contribution in [0.25, 0.3) is 5.65 Å². The molecule has 0 spiro atoms. The van der Waals surface area contributed by atoms with E-state index in [9.17, 15) is 0 Å². The van der Waals surface area contributed by atoms with E-state index in [-0.39, 0.29) is 0 Å². The second-order valence-corrected chi connectivity index (χ2v) is 4.80. The van der Waals surface area contributed by atoms with E-state index in [0.29, 0.717) is 27.5 Å². The van der Waals surface area contributed by atoms with E-state index in [0.717, 1.165) is 0 Å². The highest BCUT2D eigenvalue weighted by atomic mass is 35.5. The maximum absolute atomic E-state index is 5.82. The highest BCUT2D eigenvalue weighted by Gasteiger charge is 2.09. The fourth-order valence-electron chi connectivity index (χ4n) is 1.51. The highest BCUT2D eigenvalue weighted by Crippen LogP contribution is 2.24. The Labute approximate surface area is 117 Å². The van der Waals surface area contributed by atoms with E-state index in [1.165, 1.54) is 11.8 Å². The zero-order chi connectivity index (χ0) is 13.2. The lowest BCUT2D eigenvalue weighted by Crippen LogP contribution is -1.98. The maximum Gasteiger partial charge on any atom is 0.225 e. The standard InChI is InChI=1S/C11H8ClN5OS/c1-19-11-13-10(6-9-14-15-16-17(9)11)18-8-4-2-7(12)3-5-8/h2-6H,1H3. The van der Waals surface area contributed by atoms with Gasteiger partial charge in [0.1, 0.15) is 5.75 Å². The van der Waals surface area contributed by atoms with Gasteiger partial charge in [0.2, 0.25) is 5.88 Å². The summed E-state index contributed by atoms with van der Waals surface area (Å²) < 4.78 is 7.22. The first-order valence-corrected chi connectivity index (χ1v) is 6.93. The second kappa shape index (κ2) is 5.02. The van der Waals surface area contributed by atoms with Gasteiger partial charge < -0.3 is 4.74 Å². The molecule has 0 radical (unpaired) electrons. The molecule has 0 N–H and O–H groups in total. The molecular formula is C11H8ClN5OS. The Hall–Kier alpha value is -1.86. The lowest BCUT2D eigenvalue weighted by Gasteiger charge is -2.06. The minimum absolute atomic E-state index is 0.439. The number of aromatic nitrogens is 5. The van der Waals surface area contributed by atoms with Crippen LogP contribution < -0.4 is 4.74 Å². The van der Waals surface area contributed by atoms with Gasteiger partial charge in [-0.05, 0) is 40.9 Å². The molecule has 8 heteroatoms. The molecule has 0 aliphatic carbocycles. The molecule has 0 unspecified atom stereocenters. The monoisotopic (exact) mass is 293 g/mol. The normalized spacial score (nSPS) is 10.8. The maximum atomic E-state index is 5.82. The summed E-state index contributed by atoms with van der Waals surface area (Å²) in [4.78, 5) is 4.34. The van der Waals surface area contributed by atoms with Gasteiger partial charge >= 0.3 is 0 Å². The molecule has 0 bridgehead atoms. The third-order valence-electron chi connectivity index (χ3n) is 2.35. The number of ether oxygens (including phenoxy) is 1. The molecular weight excluding hydrogens is 286 g/mol. The number of nitrogens with zero attached hydrogens (tertiary/aromatic N) is 5. The Morgan fingerprint density at radius 2 is 2.05 bits per heavy atom. The summed E-state index contributed by atoms with van der Waals surface area (Å²) in [6, 6.07) is 8.73. The molecule has 19 heavy (non-hydrogen) atoms. The molecule has 6 nitrogen and oxygen atoms in total. The number of halogens is 1. The second-order valence-electron chi connectivity index (χ2n) is 3.59. The van der Waals surface area contributed by atoms with Crippen molar-refractivity contribution >= 4 is 29.0 Å². The van der Waals surface area contributed by atoms with E-state index in [4.69, 9.17) is 16.3 Å².